The molecule has 0 radical (unpaired) electrons. The highest BCUT2D eigenvalue weighted by Gasteiger charge is 2.21. The first-order valence-electron chi connectivity index (χ1n) is 16.6. The van der Waals surface area contributed by atoms with Crippen LogP contribution in [0.25, 0.3) is 0 Å². The van der Waals surface area contributed by atoms with Crippen molar-refractivity contribution < 1.29 is 9.53 Å². The number of piperidine rings is 1. The Labute approximate surface area is 231 Å². The minimum Gasteiger partial charge on any atom is -0.446 e. The molecule has 1 saturated heterocycles. The lowest BCUT2D eigenvalue weighted by molar-refractivity contribution is 0.0481. The number of carbonyl (C=O) groups excluding carboxylic acids is 1. The molecule has 0 spiro atoms. The van der Waals surface area contributed by atoms with Gasteiger partial charge in [0.15, 0.2) is 0 Å². The van der Waals surface area contributed by atoms with E-state index in [0.717, 1.165) is 51.9 Å². The fourth-order valence-corrected chi connectivity index (χ4v) is 5.23. The van der Waals surface area contributed by atoms with Crippen LogP contribution in [0.15, 0.2) is 12.2 Å². The molecule has 1 heterocycles. The van der Waals surface area contributed by atoms with E-state index in [-0.39, 0.29) is 12.2 Å². The van der Waals surface area contributed by atoms with Gasteiger partial charge in [-0.1, -0.05) is 122 Å². The summed E-state index contributed by atoms with van der Waals surface area (Å²) in [6.07, 6.45) is 34.1. The number of carbonyl (C=O) groups is 1. The van der Waals surface area contributed by atoms with Crippen LogP contribution in [0, 0.1) is 0 Å². The van der Waals surface area contributed by atoms with Crippen molar-refractivity contribution in [1.29, 1.82) is 0 Å². The lowest BCUT2D eigenvalue weighted by atomic mass is 10.1. The second-order valence-corrected chi connectivity index (χ2v) is 11.4. The second-order valence-electron chi connectivity index (χ2n) is 11.4. The van der Waals surface area contributed by atoms with Crippen molar-refractivity contribution in [2.75, 3.05) is 26.2 Å². The largest absolute Gasteiger partial charge is 0.446 e. The molecule has 1 N–H and O–H groups in total. The number of hydrogen-bond acceptors (Lipinski definition) is 3. The third kappa shape index (κ3) is 21.6. The van der Waals surface area contributed by atoms with Crippen LogP contribution >= 0.6 is 0 Å². The van der Waals surface area contributed by atoms with Crippen molar-refractivity contribution in [2.24, 2.45) is 0 Å². The predicted octanol–water partition coefficient (Wildman–Crippen LogP) is 9.97. The van der Waals surface area contributed by atoms with E-state index in [9.17, 15) is 4.79 Å². The van der Waals surface area contributed by atoms with Crippen molar-refractivity contribution in [3.63, 3.8) is 0 Å². The number of hydrogen-bond donors (Lipinski definition) is 1. The van der Waals surface area contributed by atoms with E-state index in [1.165, 1.54) is 122 Å². The fourth-order valence-electron chi connectivity index (χ4n) is 5.23. The molecule has 0 aliphatic carbocycles. The molecule has 218 valence electrons. The number of ether oxygens (including phenoxy) is 1. The predicted molar refractivity (Wildman–Crippen MR) is 161 cm³/mol. The van der Waals surface area contributed by atoms with Crippen LogP contribution in [0.5, 0.6) is 0 Å². The zero-order chi connectivity index (χ0) is 26.7. The number of allylic oxidation sites excluding steroid dienone is 2. The van der Waals surface area contributed by atoms with Gasteiger partial charge < -0.3 is 15.0 Å². The summed E-state index contributed by atoms with van der Waals surface area (Å²) in [5.74, 6) is 0. The molecule has 0 bridgehead atoms. The van der Waals surface area contributed by atoms with E-state index < -0.39 is 0 Å². The number of nitrogens with zero attached hydrogens (tertiary/aromatic N) is 1. The van der Waals surface area contributed by atoms with Gasteiger partial charge >= 0.3 is 6.09 Å². The molecule has 0 aromatic rings. The van der Waals surface area contributed by atoms with E-state index in [0.29, 0.717) is 0 Å². The lowest BCUT2D eigenvalue weighted by Gasteiger charge is -2.28. The van der Waals surface area contributed by atoms with Gasteiger partial charge in [0, 0.05) is 13.1 Å². The van der Waals surface area contributed by atoms with E-state index >= 15 is 0 Å². The average Bonchev–Trinajstić information content (AvgIpc) is 2.91. The first-order chi connectivity index (χ1) is 18.3. The Hall–Kier alpha value is -1.03. The standard InChI is InChI=1S/C33H64N2O2/c1-3-5-7-9-11-13-14-15-16-17-18-19-21-23-25-31-35(30-24-22-20-12-10-8-6-4-2)33(36)37-32-26-28-34-29-27-32/h14-15,32,34H,3-13,16-31H2,1-2H3/b15-14-. The first kappa shape index (κ1) is 34.0. The van der Waals surface area contributed by atoms with Gasteiger partial charge in [0.2, 0.25) is 0 Å². The quantitative estimate of drug-likeness (QED) is 0.0961. The van der Waals surface area contributed by atoms with E-state index in [4.69, 9.17) is 4.74 Å². The van der Waals surface area contributed by atoms with Gasteiger partial charge in [0.25, 0.3) is 0 Å². The van der Waals surface area contributed by atoms with Crippen molar-refractivity contribution in [2.45, 2.75) is 168 Å². The Balaban J connectivity index is 2.13. The average molecular weight is 521 g/mol. The van der Waals surface area contributed by atoms with Crippen LogP contribution < -0.4 is 5.32 Å². The highest BCUT2D eigenvalue weighted by molar-refractivity contribution is 5.67. The molecular weight excluding hydrogens is 456 g/mol. The minimum atomic E-state index is -0.0630. The van der Waals surface area contributed by atoms with Crippen LogP contribution in [-0.4, -0.2) is 43.3 Å². The molecule has 1 amide bonds. The minimum absolute atomic E-state index is 0.0630. The summed E-state index contributed by atoms with van der Waals surface area (Å²) < 4.78 is 5.89. The molecule has 4 heteroatoms. The molecule has 0 atom stereocenters. The topological polar surface area (TPSA) is 41.6 Å². The Morgan fingerprint density at radius 3 is 1.51 bits per heavy atom. The molecule has 1 aliphatic heterocycles. The van der Waals surface area contributed by atoms with E-state index in [2.05, 4.69) is 31.3 Å². The molecule has 1 rings (SSSR count). The smallest absolute Gasteiger partial charge is 0.410 e. The monoisotopic (exact) mass is 520 g/mol. The van der Waals surface area contributed by atoms with Crippen LogP contribution in [-0.2, 0) is 4.74 Å². The molecule has 0 aromatic carbocycles. The molecular formula is C33H64N2O2. The lowest BCUT2D eigenvalue weighted by Crippen LogP contribution is -2.39. The highest BCUT2D eigenvalue weighted by atomic mass is 16.6. The van der Waals surface area contributed by atoms with Crippen molar-refractivity contribution in [3.8, 4) is 0 Å². The number of amides is 1. The van der Waals surface area contributed by atoms with Crippen LogP contribution in [0.2, 0.25) is 0 Å². The summed E-state index contributed by atoms with van der Waals surface area (Å²) in [4.78, 5) is 14.9. The molecule has 0 saturated carbocycles. The summed E-state index contributed by atoms with van der Waals surface area (Å²) in [6.45, 7) is 8.20. The summed E-state index contributed by atoms with van der Waals surface area (Å²) in [6, 6.07) is 0. The zero-order valence-electron chi connectivity index (χ0n) is 25.1. The number of nitrogens with one attached hydrogen (secondary N) is 1. The molecule has 37 heavy (non-hydrogen) atoms. The van der Waals surface area contributed by atoms with Gasteiger partial charge in [-0.15, -0.1) is 0 Å². The second kappa shape index (κ2) is 26.6. The fraction of sp³-hybridized carbons (Fsp3) is 0.909. The SMILES string of the molecule is CCCCCCC/C=C\CCCCCCCCN(CCCCCCCCCC)C(=O)OC1CCNCC1. The van der Waals surface area contributed by atoms with Crippen molar-refractivity contribution >= 4 is 6.09 Å². The van der Waals surface area contributed by atoms with Crippen LogP contribution in [0.4, 0.5) is 4.79 Å². The maximum atomic E-state index is 12.9. The van der Waals surface area contributed by atoms with Crippen LogP contribution in [0.3, 0.4) is 0 Å². The van der Waals surface area contributed by atoms with Gasteiger partial charge in [0.1, 0.15) is 6.10 Å². The summed E-state index contributed by atoms with van der Waals surface area (Å²) >= 11 is 0. The third-order valence-corrected chi connectivity index (χ3v) is 7.78. The molecule has 0 unspecified atom stereocenters. The number of rotatable bonds is 25. The normalized spacial score (nSPS) is 14.4. The van der Waals surface area contributed by atoms with E-state index in [1.807, 2.05) is 4.90 Å². The van der Waals surface area contributed by atoms with Crippen molar-refractivity contribution in [1.82, 2.24) is 10.2 Å². The van der Waals surface area contributed by atoms with E-state index in [1.54, 1.807) is 0 Å². The van der Waals surface area contributed by atoms with Gasteiger partial charge in [-0.2, -0.15) is 0 Å². The summed E-state index contributed by atoms with van der Waals surface area (Å²) in [5, 5.41) is 3.36. The Kier molecular flexibility index (Phi) is 24.4. The Bertz CT molecular complexity index is 516. The van der Waals surface area contributed by atoms with Gasteiger partial charge in [-0.3, -0.25) is 0 Å². The first-order valence-corrected chi connectivity index (χ1v) is 16.6. The summed E-state index contributed by atoms with van der Waals surface area (Å²) in [5.41, 5.74) is 0. The van der Waals surface area contributed by atoms with Crippen molar-refractivity contribution in [3.05, 3.63) is 12.2 Å². The molecule has 4 nitrogen and oxygen atoms in total. The summed E-state index contributed by atoms with van der Waals surface area (Å²) in [7, 11) is 0. The molecule has 0 aromatic heterocycles. The highest BCUT2D eigenvalue weighted by Crippen LogP contribution is 2.14. The maximum absolute atomic E-state index is 12.9. The van der Waals surface area contributed by atoms with Gasteiger partial charge in [0.05, 0.1) is 0 Å². The molecule has 1 aliphatic rings. The maximum Gasteiger partial charge on any atom is 0.410 e. The van der Waals surface area contributed by atoms with Gasteiger partial charge in [-0.05, 0) is 64.5 Å². The van der Waals surface area contributed by atoms with Crippen LogP contribution in [0.1, 0.15) is 162 Å². The Morgan fingerprint density at radius 1 is 0.649 bits per heavy atom. The molecule has 1 fully saturated rings. The third-order valence-electron chi connectivity index (χ3n) is 7.78. The van der Waals surface area contributed by atoms with Gasteiger partial charge in [-0.25, -0.2) is 4.79 Å². The Morgan fingerprint density at radius 2 is 1.05 bits per heavy atom. The zero-order valence-corrected chi connectivity index (χ0v) is 25.1. The number of unbranched alkanes of at least 4 members (excludes halogenated alkanes) is 18.